The van der Waals surface area contributed by atoms with Gasteiger partial charge in [0.05, 0.1) is 5.41 Å². The first-order valence-electron chi connectivity index (χ1n) is 11.7. The number of hydrogen-bond donors (Lipinski definition) is 2. The normalized spacial score (nSPS) is 14.4. The highest BCUT2D eigenvalue weighted by Gasteiger charge is 2.51. The first-order valence-corrected chi connectivity index (χ1v) is 12.1. The van der Waals surface area contributed by atoms with Crippen LogP contribution in [0.1, 0.15) is 54.0 Å². The van der Waals surface area contributed by atoms with Crippen LogP contribution in [-0.4, -0.2) is 22.3 Å². The molecule has 0 bridgehead atoms. The zero-order chi connectivity index (χ0) is 26.2. The largest absolute Gasteiger partial charge is 0.481 e. The fraction of sp³-hybridized carbons (Fsp3) is 0.207. The number of aromatic nitrogens is 1. The molecule has 4 aromatic rings. The third-order valence-corrected chi connectivity index (χ3v) is 6.93. The number of carboxylic acid groups (broad SMARTS) is 1. The summed E-state index contributed by atoms with van der Waals surface area (Å²) in [6.45, 7) is 3.43. The number of carbonyl (C=O) groups is 2. The smallest absolute Gasteiger partial charge is 0.412 e. The number of aliphatic carboxylic acids is 1. The zero-order valence-corrected chi connectivity index (χ0v) is 20.9. The first-order chi connectivity index (χ1) is 17.8. The average Bonchev–Trinajstić information content (AvgIpc) is 3.63. The molecule has 0 spiro atoms. The average molecular weight is 515 g/mol. The Bertz CT molecular complexity index is 1590. The number of benzene rings is 3. The summed E-state index contributed by atoms with van der Waals surface area (Å²) in [6, 6.07) is 18.6. The minimum atomic E-state index is -0.775. The van der Waals surface area contributed by atoms with Crippen LogP contribution in [-0.2, 0) is 14.9 Å². The number of nitrogens with one attached hydrogen (secondary N) is 1. The number of carbonyl (C=O) groups excluding carboxylic acids is 1. The van der Waals surface area contributed by atoms with Gasteiger partial charge >= 0.3 is 12.1 Å². The van der Waals surface area contributed by atoms with Crippen molar-refractivity contribution in [2.45, 2.75) is 38.2 Å². The highest BCUT2D eigenvalue weighted by molar-refractivity contribution is 6.31. The van der Waals surface area contributed by atoms with E-state index in [1.54, 1.807) is 32.0 Å². The molecule has 0 unspecified atom stereocenters. The summed E-state index contributed by atoms with van der Waals surface area (Å²) in [5.74, 6) is 5.40. The molecule has 0 radical (unpaired) electrons. The summed E-state index contributed by atoms with van der Waals surface area (Å²) in [5.41, 5.74) is 2.30. The van der Waals surface area contributed by atoms with Gasteiger partial charge in [0.25, 0.3) is 0 Å². The van der Waals surface area contributed by atoms with Gasteiger partial charge in [-0.2, -0.15) is 0 Å². The van der Waals surface area contributed by atoms with Crippen LogP contribution in [0, 0.1) is 18.8 Å². The lowest BCUT2D eigenvalue weighted by Crippen LogP contribution is -2.19. The van der Waals surface area contributed by atoms with Gasteiger partial charge < -0.3 is 14.4 Å². The van der Waals surface area contributed by atoms with Crippen LogP contribution in [0.5, 0.6) is 0 Å². The number of anilines is 1. The number of rotatable bonds is 5. The Morgan fingerprint density at radius 3 is 2.57 bits per heavy atom. The molecule has 0 aliphatic heterocycles. The molecule has 7 nitrogen and oxygen atoms in total. The van der Waals surface area contributed by atoms with Crippen LogP contribution in [0.4, 0.5) is 10.5 Å². The fourth-order valence-electron chi connectivity index (χ4n) is 4.26. The minimum absolute atomic E-state index is 0.201. The Morgan fingerprint density at radius 1 is 1.11 bits per heavy atom. The molecule has 2 N–H and O–H groups in total. The van der Waals surface area contributed by atoms with Crippen molar-refractivity contribution in [1.82, 2.24) is 5.16 Å². The maximum atomic E-state index is 12.5. The van der Waals surface area contributed by atoms with Gasteiger partial charge in [-0.3, -0.25) is 10.1 Å². The number of hydrogen-bond acceptors (Lipinski definition) is 5. The van der Waals surface area contributed by atoms with Gasteiger partial charge in [0.2, 0.25) is 5.76 Å². The molecule has 1 amide bonds. The van der Waals surface area contributed by atoms with E-state index in [1.807, 2.05) is 42.5 Å². The van der Waals surface area contributed by atoms with Gasteiger partial charge in [-0.15, -0.1) is 0 Å². The van der Waals surface area contributed by atoms with E-state index in [0.717, 1.165) is 21.9 Å². The maximum Gasteiger partial charge on any atom is 0.412 e. The highest BCUT2D eigenvalue weighted by atomic mass is 35.5. The van der Waals surface area contributed by atoms with E-state index in [0.29, 0.717) is 34.8 Å². The van der Waals surface area contributed by atoms with Crippen LogP contribution in [0.3, 0.4) is 0 Å². The lowest BCUT2D eigenvalue weighted by Gasteiger charge is -2.15. The van der Waals surface area contributed by atoms with Crippen molar-refractivity contribution in [3.8, 4) is 11.8 Å². The number of halogens is 1. The monoisotopic (exact) mass is 514 g/mol. The molecule has 5 rings (SSSR count). The lowest BCUT2D eigenvalue weighted by atomic mass is 9.93. The second-order valence-electron chi connectivity index (χ2n) is 9.08. The van der Waals surface area contributed by atoms with Crippen molar-refractivity contribution < 1.29 is 24.0 Å². The Balaban J connectivity index is 1.32. The molecular weight excluding hydrogens is 492 g/mol. The standard InChI is InChI=1S/C29H23ClN2O5/c1-17-26(31-28(35)36-18(2)23-5-3-4-6-24(23)30)25(37-32-17)12-8-19-7-9-21-16-22(11-10-20(21)15-19)29(13-14-29)27(33)34/h3-7,9-11,15-16,18H,13-14H2,1-2H3,(H,31,35)(H,33,34)/t18-/m1/s1. The molecule has 186 valence electrons. The van der Waals surface area contributed by atoms with E-state index in [1.165, 1.54) is 0 Å². The van der Waals surface area contributed by atoms with Crippen LogP contribution >= 0.6 is 11.6 Å². The molecule has 1 aliphatic rings. The van der Waals surface area contributed by atoms with E-state index < -0.39 is 23.6 Å². The van der Waals surface area contributed by atoms with Crippen molar-refractivity contribution in [1.29, 1.82) is 0 Å². The molecular formula is C29H23ClN2O5. The van der Waals surface area contributed by atoms with Crippen molar-refractivity contribution >= 4 is 40.1 Å². The van der Waals surface area contributed by atoms with E-state index in [4.69, 9.17) is 20.9 Å². The summed E-state index contributed by atoms with van der Waals surface area (Å²) in [6.07, 6.45) is 0.0816. The second kappa shape index (κ2) is 9.64. The quantitative estimate of drug-likeness (QED) is 0.290. The summed E-state index contributed by atoms with van der Waals surface area (Å²) >= 11 is 6.20. The van der Waals surface area contributed by atoms with Crippen molar-refractivity contribution in [2.75, 3.05) is 5.32 Å². The summed E-state index contributed by atoms with van der Waals surface area (Å²) in [7, 11) is 0. The molecule has 1 aliphatic carbocycles. The fourth-order valence-corrected chi connectivity index (χ4v) is 4.55. The van der Waals surface area contributed by atoms with Crippen molar-refractivity contribution in [2.24, 2.45) is 0 Å². The van der Waals surface area contributed by atoms with Gasteiger partial charge in [0.15, 0.2) is 0 Å². The van der Waals surface area contributed by atoms with Crippen LogP contribution in [0.2, 0.25) is 5.02 Å². The SMILES string of the molecule is Cc1noc(C#Cc2ccc3cc(C4(C(=O)O)CC4)ccc3c2)c1NC(=O)O[C@H](C)c1ccccc1Cl. The van der Waals surface area contributed by atoms with Crippen LogP contribution in [0.25, 0.3) is 10.8 Å². The number of amides is 1. The topological polar surface area (TPSA) is 102 Å². The Kier molecular flexibility index (Phi) is 6.36. The Morgan fingerprint density at radius 2 is 1.84 bits per heavy atom. The maximum absolute atomic E-state index is 12.5. The molecule has 3 aromatic carbocycles. The Labute approximate surface area is 218 Å². The van der Waals surface area contributed by atoms with E-state index in [9.17, 15) is 14.7 Å². The predicted octanol–water partition coefficient (Wildman–Crippen LogP) is 6.62. The number of nitrogens with zero attached hydrogens (tertiary/aromatic N) is 1. The van der Waals surface area contributed by atoms with Crippen LogP contribution < -0.4 is 5.32 Å². The van der Waals surface area contributed by atoms with Gasteiger partial charge in [-0.05, 0) is 67.1 Å². The number of ether oxygens (including phenoxy) is 1. The van der Waals surface area contributed by atoms with Gasteiger partial charge in [-0.1, -0.05) is 65.1 Å². The molecule has 8 heteroatoms. The molecule has 1 aromatic heterocycles. The Hall–Kier alpha value is -4.28. The number of carboxylic acids is 1. The molecule has 1 heterocycles. The summed E-state index contributed by atoms with van der Waals surface area (Å²) < 4.78 is 10.8. The van der Waals surface area contributed by atoms with Crippen LogP contribution in [0.15, 0.2) is 65.2 Å². The molecule has 37 heavy (non-hydrogen) atoms. The molecule has 0 saturated heterocycles. The van der Waals surface area contributed by atoms with Gasteiger partial charge in [-0.25, -0.2) is 4.79 Å². The predicted molar refractivity (Wildman–Crippen MR) is 140 cm³/mol. The van der Waals surface area contributed by atoms with Crippen molar-refractivity contribution in [3.63, 3.8) is 0 Å². The first kappa shape index (κ1) is 24.4. The van der Waals surface area contributed by atoms with E-state index in [2.05, 4.69) is 22.3 Å². The zero-order valence-electron chi connectivity index (χ0n) is 20.2. The summed E-state index contributed by atoms with van der Waals surface area (Å²) in [5, 5.41) is 18.6. The molecule has 1 atom stereocenters. The van der Waals surface area contributed by atoms with E-state index >= 15 is 0 Å². The van der Waals surface area contributed by atoms with E-state index in [-0.39, 0.29) is 5.76 Å². The second-order valence-corrected chi connectivity index (χ2v) is 9.49. The van der Waals surface area contributed by atoms with Gasteiger partial charge in [0, 0.05) is 16.1 Å². The molecule has 1 fully saturated rings. The lowest BCUT2D eigenvalue weighted by molar-refractivity contribution is -0.140. The van der Waals surface area contributed by atoms with Crippen molar-refractivity contribution in [3.05, 3.63) is 93.8 Å². The third-order valence-electron chi connectivity index (χ3n) is 6.59. The van der Waals surface area contributed by atoms with Gasteiger partial charge in [0.1, 0.15) is 17.5 Å². The molecule has 1 saturated carbocycles. The number of fused-ring (bicyclic) bond motifs is 1. The summed E-state index contributed by atoms with van der Waals surface area (Å²) in [4.78, 5) is 24.2. The number of aryl methyl sites for hydroxylation is 1. The minimum Gasteiger partial charge on any atom is -0.481 e. The highest BCUT2D eigenvalue weighted by Crippen LogP contribution is 2.49. The third kappa shape index (κ3) is 4.89.